The number of aromatic nitrogens is 3. The zero-order valence-electron chi connectivity index (χ0n) is 11.6. The highest BCUT2D eigenvalue weighted by Crippen LogP contribution is 2.22. The molecule has 20 heavy (non-hydrogen) atoms. The molecule has 102 valence electrons. The summed E-state index contributed by atoms with van der Waals surface area (Å²) >= 11 is 5.47. The fraction of sp³-hybridized carbons (Fsp3) is 0.250. The van der Waals surface area contributed by atoms with Crippen LogP contribution in [0.1, 0.15) is 24.1 Å². The highest BCUT2D eigenvalue weighted by molar-refractivity contribution is 7.71. The number of aromatic amines is 1. The van der Waals surface area contributed by atoms with E-state index >= 15 is 0 Å². The van der Waals surface area contributed by atoms with Gasteiger partial charge in [-0.2, -0.15) is 0 Å². The minimum atomic E-state index is 0.271. The van der Waals surface area contributed by atoms with Gasteiger partial charge in [-0.15, -0.1) is 0 Å². The minimum Gasteiger partial charge on any atom is -0.329 e. The third-order valence-corrected chi connectivity index (χ3v) is 3.93. The highest BCUT2D eigenvalue weighted by Gasteiger charge is 2.13. The van der Waals surface area contributed by atoms with Crippen molar-refractivity contribution in [1.82, 2.24) is 14.5 Å². The van der Waals surface area contributed by atoms with Gasteiger partial charge in [0.1, 0.15) is 0 Å². The Morgan fingerprint density at radius 2 is 2.00 bits per heavy atom. The van der Waals surface area contributed by atoms with Crippen LogP contribution < -0.4 is 0 Å². The quantitative estimate of drug-likeness (QED) is 0.731. The summed E-state index contributed by atoms with van der Waals surface area (Å²) in [6, 6.07) is 12.7. The fourth-order valence-electron chi connectivity index (χ4n) is 2.60. The molecule has 3 aromatic rings. The molecular formula is C16H17N3S. The Kier molecular flexibility index (Phi) is 3.40. The predicted molar refractivity (Wildman–Crippen MR) is 84.5 cm³/mol. The summed E-state index contributed by atoms with van der Waals surface area (Å²) in [5.41, 5.74) is 4.46. The molecule has 0 fully saturated rings. The molecule has 3 rings (SSSR count). The molecule has 2 aromatic heterocycles. The van der Waals surface area contributed by atoms with Crippen LogP contribution in [0.15, 0.2) is 42.6 Å². The Labute approximate surface area is 123 Å². The van der Waals surface area contributed by atoms with Crippen molar-refractivity contribution in [3.05, 3.63) is 58.5 Å². The lowest BCUT2D eigenvalue weighted by atomic mass is 10.1. The molecule has 0 amide bonds. The minimum absolute atomic E-state index is 0.271. The van der Waals surface area contributed by atoms with Crippen LogP contribution in [0.25, 0.3) is 11.2 Å². The number of aryl methyl sites for hydroxylation is 1. The number of nitrogens with one attached hydrogen (secondary N) is 1. The summed E-state index contributed by atoms with van der Waals surface area (Å²) in [4.78, 5) is 7.77. The van der Waals surface area contributed by atoms with Gasteiger partial charge in [0.25, 0.3) is 0 Å². The number of benzene rings is 1. The number of rotatable bonds is 3. The van der Waals surface area contributed by atoms with E-state index in [-0.39, 0.29) is 6.04 Å². The van der Waals surface area contributed by atoms with Crippen LogP contribution in [0.3, 0.4) is 0 Å². The summed E-state index contributed by atoms with van der Waals surface area (Å²) in [5, 5.41) is 0. The molecule has 4 heteroatoms. The first kappa shape index (κ1) is 13.1. The van der Waals surface area contributed by atoms with Crippen molar-refractivity contribution in [2.75, 3.05) is 0 Å². The first-order chi connectivity index (χ1) is 9.66. The summed E-state index contributed by atoms with van der Waals surface area (Å²) < 4.78 is 2.86. The van der Waals surface area contributed by atoms with Crippen molar-refractivity contribution >= 4 is 23.4 Å². The molecular weight excluding hydrogens is 266 g/mol. The fourth-order valence-corrected chi connectivity index (χ4v) is 2.97. The lowest BCUT2D eigenvalue weighted by Gasteiger charge is -2.14. The predicted octanol–water partition coefficient (Wildman–Crippen LogP) is 4.21. The average molecular weight is 283 g/mol. The Balaban J connectivity index is 2.04. The normalized spacial score (nSPS) is 12.7. The number of nitrogens with zero attached hydrogens (tertiary/aromatic N) is 2. The molecule has 0 aliphatic heterocycles. The van der Waals surface area contributed by atoms with E-state index in [1.807, 2.05) is 18.3 Å². The molecule has 0 aliphatic carbocycles. The van der Waals surface area contributed by atoms with Gasteiger partial charge in [0.05, 0.1) is 5.52 Å². The lowest BCUT2D eigenvalue weighted by molar-refractivity contribution is 0.549. The van der Waals surface area contributed by atoms with Crippen LogP contribution in [0.5, 0.6) is 0 Å². The molecule has 0 spiro atoms. The Bertz CT molecular complexity index is 786. The van der Waals surface area contributed by atoms with Gasteiger partial charge in [-0.25, -0.2) is 4.98 Å². The molecule has 0 aliphatic rings. The molecule has 1 atom stereocenters. The number of imidazole rings is 1. The number of pyridine rings is 1. The van der Waals surface area contributed by atoms with Crippen LogP contribution in [0, 0.1) is 11.7 Å². The molecule has 3 nitrogen and oxygen atoms in total. The van der Waals surface area contributed by atoms with Crippen molar-refractivity contribution in [1.29, 1.82) is 0 Å². The van der Waals surface area contributed by atoms with E-state index in [1.54, 1.807) is 0 Å². The third-order valence-electron chi connectivity index (χ3n) is 3.63. The SMILES string of the molecule is Cc1ccnc2c1[nH]c(=S)n2C(C)Cc1ccccc1. The zero-order chi connectivity index (χ0) is 14.1. The molecule has 1 aromatic carbocycles. The lowest BCUT2D eigenvalue weighted by Crippen LogP contribution is -2.09. The van der Waals surface area contributed by atoms with E-state index < -0.39 is 0 Å². The molecule has 1 unspecified atom stereocenters. The van der Waals surface area contributed by atoms with Crippen LogP contribution in [-0.2, 0) is 6.42 Å². The first-order valence-corrected chi connectivity index (χ1v) is 7.17. The Morgan fingerprint density at radius 1 is 1.25 bits per heavy atom. The van der Waals surface area contributed by atoms with E-state index in [9.17, 15) is 0 Å². The second-order valence-electron chi connectivity index (χ2n) is 5.17. The standard InChI is InChI=1S/C16H17N3S/c1-11-8-9-17-15-14(11)18-16(20)19(15)12(2)10-13-6-4-3-5-7-13/h3-9,12H,10H2,1-2H3,(H,18,20). The van der Waals surface area contributed by atoms with Gasteiger partial charge in [-0.3, -0.25) is 4.57 Å². The second-order valence-corrected chi connectivity index (χ2v) is 5.55. The Morgan fingerprint density at radius 3 is 2.75 bits per heavy atom. The smallest absolute Gasteiger partial charge is 0.179 e. The van der Waals surface area contributed by atoms with Crippen molar-refractivity contribution in [3.8, 4) is 0 Å². The number of hydrogen-bond acceptors (Lipinski definition) is 2. The average Bonchev–Trinajstić information content (AvgIpc) is 2.78. The van der Waals surface area contributed by atoms with Crippen LogP contribution in [0.4, 0.5) is 0 Å². The number of H-pyrrole nitrogens is 1. The van der Waals surface area contributed by atoms with Crippen LogP contribution in [0.2, 0.25) is 0 Å². The van der Waals surface area contributed by atoms with Crippen molar-refractivity contribution in [3.63, 3.8) is 0 Å². The largest absolute Gasteiger partial charge is 0.329 e. The van der Waals surface area contributed by atoms with E-state index in [4.69, 9.17) is 12.2 Å². The summed E-state index contributed by atoms with van der Waals surface area (Å²) in [7, 11) is 0. The van der Waals surface area contributed by atoms with Gasteiger partial charge in [0, 0.05) is 12.2 Å². The number of hydrogen-bond donors (Lipinski definition) is 1. The monoisotopic (exact) mass is 283 g/mol. The maximum absolute atomic E-state index is 5.47. The summed E-state index contributed by atoms with van der Waals surface area (Å²) in [6.45, 7) is 4.25. The van der Waals surface area contributed by atoms with Crippen molar-refractivity contribution in [2.24, 2.45) is 0 Å². The maximum atomic E-state index is 5.47. The van der Waals surface area contributed by atoms with Crippen molar-refractivity contribution < 1.29 is 0 Å². The molecule has 0 saturated carbocycles. The van der Waals surface area contributed by atoms with Gasteiger partial charge in [-0.05, 0) is 49.7 Å². The van der Waals surface area contributed by atoms with E-state index in [0.717, 1.165) is 22.4 Å². The molecule has 1 N–H and O–H groups in total. The van der Waals surface area contributed by atoms with E-state index in [2.05, 4.69) is 52.6 Å². The Hall–Kier alpha value is -1.94. The molecule has 2 heterocycles. The zero-order valence-corrected chi connectivity index (χ0v) is 12.4. The van der Waals surface area contributed by atoms with Gasteiger partial charge in [0.2, 0.25) is 0 Å². The van der Waals surface area contributed by atoms with Crippen LogP contribution in [-0.4, -0.2) is 14.5 Å². The van der Waals surface area contributed by atoms with Crippen molar-refractivity contribution in [2.45, 2.75) is 26.3 Å². The van der Waals surface area contributed by atoms with Gasteiger partial charge in [0.15, 0.2) is 10.4 Å². The highest BCUT2D eigenvalue weighted by atomic mass is 32.1. The molecule has 0 saturated heterocycles. The van der Waals surface area contributed by atoms with E-state index in [0.29, 0.717) is 0 Å². The van der Waals surface area contributed by atoms with Gasteiger partial charge < -0.3 is 4.98 Å². The second kappa shape index (κ2) is 5.21. The van der Waals surface area contributed by atoms with Gasteiger partial charge in [-0.1, -0.05) is 30.3 Å². The topological polar surface area (TPSA) is 33.6 Å². The number of fused-ring (bicyclic) bond motifs is 1. The summed E-state index contributed by atoms with van der Waals surface area (Å²) in [6.07, 6.45) is 2.78. The summed E-state index contributed by atoms with van der Waals surface area (Å²) in [5.74, 6) is 0. The molecule has 0 radical (unpaired) electrons. The maximum Gasteiger partial charge on any atom is 0.179 e. The third kappa shape index (κ3) is 2.27. The first-order valence-electron chi connectivity index (χ1n) is 6.76. The molecule has 0 bridgehead atoms. The van der Waals surface area contributed by atoms with E-state index in [1.165, 1.54) is 11.1 Å². The van der Waals surface area contributed by atoms with Gasteiger partial charge >= 0.3 is 0 Å². The van der Waals surface area contributed by atoms with Crippen LogP contribution >= 0.6 is 12.2 Å².